The highest BCUT2D eigenvalue weighted by molar-refractivity contribution is 5.96. The van der Waals surface area contributed by atoms with Gasteiger partial charge in [-0.2, -0.15) is 0 Å². The predicted molar refractivity (Wildman–Crippen MR) is 68.8 cm³/mol. The van der Waals surface area contributed by atoms with Crippen molar-refractivity contribution in [3.05, 3.63) is 24.3 Å². The molecule has 1 amide bonds. The van der Waals surface area contributed by atoms with E-state index in [0.29, 0.717) is 25.9 Å². The Balaban J connectivity index is 2.10. The van der Waals surface area contributed by atoms with E-state index in [1.54, 1.807) is 0 Å². The first-order valence-corrected chi connectivity index (χ1v) is 6.02. The zero-order chi connectivity index (χ0) is 13.0. The molecule has 2 N–H and O–H groups in total. The number of nitrogens with one attached hydrogen (secondary N) is 1. The normalized spacial score (nSPS) is 14.7. The van der Waals surface area contributed by atoms with E-state index < -0.39 is 5.97 Å². The number of hydrogen-bond donors (Lipinski definition) is 2. The summed E-state index contributed by atoms with van der Waals surface area (Å²) in [5.41, 5.74) is 1.77. The molecule has 0 aliphatic carbocycles. The lowest BCUT2D eigenvalue weighted by molar-refractivity contribution is -0.137. The maximum Gasteiger partial charge on any atom is 0.303 e. The topological polar surface area (TPSA) is 69.6 Å². The van der Waals surface area contributed by atoms with Gasteiger partial charge >= 0.3 is 5.97 Å². The largest absolute Gasteiger partial charge is 0.481 e. The molecule has 0 fully saturated rings. The monoisotopic (exact) mass is 248 g/mol. The summed E-state index contributed by atoms with van der Waals surface area (Å²) in [4.78, 5) is 24.1. The number of carboxylic acids is 1. The Bertz CT molecular complexity index is 459. The highest BCUT2D eigenvalue weighted by Gasteiger charge is 2.18. The smallest absolute Gasteiger partial charge is 0.303 e. The number of para-hydroxylation sites is 2. The fourth-order valence-electron chi connectivity index (χ4n) is 2.08. The van der Waals surface area contributed by atoms with Crippen LogP contribution in [-0.2, 0) is 9.59 Å². The van der Waals surface area contributed by atoms with Crippen molar-refractivity contribution in [1.82, 2.24) is 0 Å². The number of fused-ring (bicyclic) bond motifs is 1. The average molecular weight is 248 g/mol. The number of benzene rings is 1. The molecular weight excluding hydrogens is 232 g/mol. The molecule has 0 saturated heterocycles. The maximum absolute atomic E-state index is 11.5. The van der Waals surface area contributed by atoms with E-state index in [0.717, 1.165) is 11.4 Å². The van der Waals surface area contributed by atoms with Gasteiger partial charge in [0.15, 0.2) is 0 Å². The van der Waals surface area contributed by atoms with Gasteiger partial charge in [-0.15, -0.1) is 0 Å². The molecular formula is C13H16N2O3. The minimum atomic E-state index is -0.785. The lowest BCUT2D eigenvalue weighted by Crippen LogP contribution is -2.26. The van der Waals surface area contributed by atoms with Crippen LogP contribution >= 0.6 is 0 Å². The lowest BCUT2D eigenvalue weighted by atomic mass is 10.2. The number of carboxylic acid groups (broad SMARTS) is 1. The molecule has 0 spiro atoms. The number of anilines is 2. The molecule has 1 aliphatic heterocycles. The van der Waals surface area contributed by atoms with Crippen molar-refractivity contribution in [3.63, 3.8) is 0 Å². The summed E-state index contributed by atoms with van der Waals surface area (Å²) < 4.78 is 0. The highest BCUT2D eigenvalue weighted by Crippen LogP contribution is 2.28. The zero-order valence-electron chi connectivity index (χ0n) is 10.1. The van der Waals surface area contributed by atoms with Gasteiger partial charge in [0, 0.05) is 25.9 Å². The van der Waals surface area contributed by atoms with Crippen molar-refractivity contribution in [2.45, 2.75) is 19.3 Å². The molecule has 0 bridgehead atoms. The second-order valence-electron chi connectivity index (χ2n) is 4.30. The van der Waals surface area contributed by atoms with Crippen LogP contribution in [0.3, 0.4) is 0 Å². The van der Waals surface area contributed by atoms with Gasteiger partial charge < -0.3 is 15.3 Å². The minimum absolute atomic E-state index is 0.00295. The van der Waals surface area contributed by atoms with Crippen LogP contribution in [0.25, 0.3) is 0 Å². The summed E-state index contributed by atoms with van der Waals surface area (Å²) in [6.45, 7) is 1.28. The second-order valence-corrected chi connectivity index (χ2v) is 4.30. The molecule has 5 nitrogen and oxygen atoms in total. The van der Waals surface area contributed by atoms with E-state index in [2.05, 4.69) is 10.2 Å². The molecule has 1 aromatic rings. The van der Waals surface area contributed by atoms with Crippen LogP contribution in [0.15, 0.2) is 24.3 Å². The number of carbonyl (C=O) groups is 2. The first kappa shape index (κ1) is 12.4. The Labute approximate surface area is 105 Å². The van der Waals surface area contributed by atoms with E-state index in [1.165, 1.54) is 0 Å². The van der Waals surface area contributed by atoms with Gasteiger partial charge in [0.2, 0.25) is 5.91 Å². The third kappa shape index (κ3) is 3.00. The van der Waals surface area contributed by atoms with Gasteiger partial charge in [-0.1, -0.05) is 12.1 Å². The Morgan fingerprint density at radius 2 is 2.17 bits per heavy atom. The Morgan fingerprint density at radius 1 is 1.39 bits per heavy atom. The summed E-state index contributed by atoms with van der Waals surface area (Å²) in [7, 11) is 0. The highest BCUT2D eigenvalue weighted by atomic mass is 16.4. The standard InChI is InChI=1S/C13H16N2O3/c16-12-7-9-15(8-3-6-13(17)18)11-5-2-1-4-10(11)14-12/h1-2,4-5H,3,6-9H2,(H,14,16)(H,17,18). The third-order valence-electron chi connectivity index (χ3n) is 2.95. The summed E-state index contributed by atoms with van der Waals surface area (Å²) in [5, 5.41) is 11.5. The number of rotatable bonds is 4. The fourth-order valence-corrected chi connectivity index (χ4v) is 2.08. The summed E-state index contributed by atoms with van der Waals surface area (Å²) in [6.07, 6.45) is 1.17. The maximum atomic E-state index is 11.5. The number of aliphatic carboxylic acids is 1. The van der Waals surface area contributed by atoms with Crippen LogP contribution < -0.4 is 10.2 Å². The predicted octanol–water partition coefficient (Wildman–Crippen LogP) is 1.70. The van der Waals surface area contributed by atoms with Crippen LogP contribution in [0.2, 0.25) is 0 Å². The molecule has 18 heavy (non-hydrogen) atoms. The molecule has 1 heterocycles. The Kier molecular flexibility index (Phi) is 3.82. The van der Waals surface area contributed by atoms with E-state index >= 15 is 0 Å². The van der Waals surface area contributed by atoms with Crippen molar-refractivity contribution in [3.8, 4) is 0 Å². The molecule has 0 unspecified atom stereocenters. The molecule has 2 rings (SSSR count). The van der Waals surface area contributed by atoms with Crippen molar-refractivity contribution >= 4 is 23.3 Å². The van der Waals surface area contributed by atoms with Crippen LogP contribution in [0.4, 0.5) is 11.4 Å². The summed E-state index contributed by atoms with van der Waals surface area (Å²) in [6, 6.07) is 7.60. The molecule has 5 heteroatoms. The third-order valence-corrected chi connectivity index (χ3v) is 2.95. The number of nitrogens with zero attached hydrogens (tertiary/aromatic N) is 1. The van der Waals surface area contributed by atoms with Crippen LogP contribution in [0.5, 0.6) is 0 Å². The van der Waals surface area contributed by atoms with Crippen molar-refractivity contribution in [2.24, 2.45) is 0 Å². The van der Waals surface area contributed by atoms with Gasteiger partial charge in [-0.25, -0.2) is 0 Å². The van der Waals surface area contributed by atoms with E-state index in [-0.39, 0.29) is 12.3 Å². The number of hydrogen-bond acceptors (Lipinski definition) is 3. The average Bonchev–Trinajstić information content (AvgIpc) is 2.48. The molecule has 0 radical (unpaired) electrons. The number of amides is 1. The lowest BCUT2D eigenvalue weighted by Gasteiger charge is -2.23. The first-order valence-electron chi connectivity index (χ1n) is 6.02. The molecule has 0 saturated carbocycles. The van der Waals surface area contributed by atoms with Crippen LogP contribution in [0, 0.1) is 0 Å². The molecule has 96 valence electrons. The molecule has 1 aromatic carbocycles. The van der Waals surface area contributed by atoms with E-state index in [4.69, 9.17) is 5.11 Å². The van der Waals surface area contributed by atoms with Crippen molar-refractivity contribution in [1.29, 1.82) is 0 Å². The SMILES string of the molecule is O=C(O)CCCN1CCC(=O)Nc2ccccc21. The molecule has 0 aromatic heterocycles. The quantitative estimate of drug-likeness (QED) is 0.851. The second kappa shape index (κ2) is 5.53. The Hall–Kier alpha value is -2.04. The van der Waals surface area contributed by atoms with Gasteiger partial charge in [-0.3, -0.25) is 9.59 Å². The molecule has 1 aliphatic rings. The Morgan fingerprint density at radius 3 is 2.94 bits per heavy atom. The van der Waals surface area contributed by atoms with Crippen LogP contribution in [-0.4, -0.2) is 30.1 Å². The van der Waals surface area contributed by atoms with Crippen molar-refractivity contribution in [2.75, 3.05) is 23.3 Å². The van der Waals surface area contributed by atoms with Gasteiger partial charge in [0.1, 0.15) is 0 Å². The summed E-state index contributed by atoms with van der Waals surface area (Å²) >= 11 is 0. The zero-order valence-corrected chi connectivity index (χ0v) is 10.1. The minimum Gasteiger partial charge on any atom is -0.481 e. The van der Waals surface area contributed by atoms with E-state index in [1.807, 2.05) is 24.3 Å². The van der Waals surface area contributed by atoms with Crippen LogP contribution in [0.1, 0.15) is 19.3 Å². The molecule has 0 atom stereocenters. The first-order chi connectivity index (χ1) is 8.66. The van der Waals surface area contributed by atoms with Gasteiger partial charge in [0.25, 0.3) is 0 Å². The number of carbonyl (C=O) groups excluding carboxylic acids is 1. The van der Waals surface area contributed by atoms with Gasteiger partial charge in [0.05, 0.1) is 11.4 Å². The van der Waals surface area contributed by atoms with Gasteiger partial charge in [-0.05, 0) is 18.6 Å². The van der Waals surface area contributed by atoms with E-state index in [9.17, 15) is 9.59 Å². The summed E-state index contributed by atoms with van der Waals surface area (Å²) in [5.74, 6) is -0.782. The van der Waals surface area contributed by atoms with Crippen molar-refractivity contribution < 1.29 is 14.7 Å². The fraction of sp³-hybridized carbons (Fsp3) is 0.385.